The molecule has 0 heterocycles. The SMILES string of the molecule is CCCCCCCC=CC(CC(=O)O)C(=O)O. The molecule has 1 atom stereocenters. The maximum Gasteiger partial charge on any atom is 0.310 e. The van der Waals surface area contributed by atoms with E-state index in [-0.39, 0.29) is 6.42 Å². The van der Waals surface area contributed by atoms with Crippen LogP contribution in [0.2, 0.25) is 0 Å². The van der Waals surface area contributed by atoms with Crippen LogP contribution < -0.4 is 0 Å². The van der Waals surface area contributed by atoms with Gasteiger partial charge in [-0.2, -0.15) is 0 Å². The molecular formula is C13H22O4. The number of rotatable bonds is 10. The van der Waals surface area contributed by atoms with Crippen LogP contribution in [0.3, 0.4) is 0 Å². The Morgan fingerprint density at radius 2 is 1.76 bits per heavy atom. The van der Waals surface area contributed by atoms with Gasteiger partial charge in [-0.05, 0) is 12.8 Å². The van der Waals surface area contributed by atoms with Gasteiger partial charge in [0.05, 0.1) is 12.3 Å². The Kier molecular flexibility index (Phi) is 9.11. The van der Waals surface area contributed by atoms with Crippen LogP contribution in [0.4, 0.5) is 0 Å². The summed E-state index contributed by atoms with van der Waals surface area (Å²) in [7, 11) is 0. The monoisotopic (exact) mass is 242 g/mol. The third-order valence-corrected chi connectivity index (χ3v) is 2.55. The largest absolute Gasteiger partial charge is 0.481 e. The molecule has 0 aromatic heterocycles. The topological polar surface area (TPSA) is 74.6 Å². The summed E-state index contributed by atoms with van der Waals surface area (Å²) < 4.78 is 0. The van der Waals surface area contributed by atoms with Gasteiger partial charge in [0.25, 0.3) is 0 Å². The summed E-state index contributed by atoms with van der Waals surface area (Å²) in [6.45, 7) is 2.16. The van der Waals surface area contributed by atoms with E-state index >= 15 is 0 Å². The van der Waals surface area contributed by atoms with E-state index in [4.69, 9.17) is 10.2 Å². The molecule has 0 bridgehead atoms. The Bertz CT molecular complexity index is 258. The Morgan fingerprint density at radius 3 is 2.29 bits per heavy atom. The minimum absolute atomic E-state index is 0.346. The van der Waals surface area contributed by atoms with Crippen molar-refractivity contribution in [3.8, 4) is 0 Å². The number of carboxylic acids is 2. The summed E-state index contributed by atoms with van der Waals surface area (Å²) in [5.74, 6) is -3.05. The maximum absolute atomic E-state index is 10.7. The fraction of sp³-hybridized carbons (Fsp3) is 0.692. The van der Waals surface area contributed by atoms with Crippen LogP contribution in [-0.4, -0.2) is 22.2 Å². The Hall–Kier alpha value is -1.32. The average molecular weight is 242 g/mol. The first-order valence-corrected chi connectivity index (χ1v) is 6.19. The molecule has 0 aliphatic rings. The highest BCUT2D eigenvalue weighted by Gasteiger charge is 2.17. The van der Waals surface area contributed by atoms with Crippen LogP contribution in [0.5, 0.6) is 0 Å². The van der Waals surface area contributed by atoms with Crippen molar-refractivity contribution >= 4 is 11.9 Å². The van der Waals surface area contributed by atoms with Gasteiger partial charge < -0.3 is 10.2 Å². The second-order valence-corrected chi connectivity index (χ2v) is 4.17. The molecule has 0 saturated heterocycles. The Balaban J connectivity index is 3.77. The molecule has 1 unspecified atom stereocenters. The van der Waals surface area contributed by atoms with Crippen molar-refractivity contribution in [2.45, 2.75) is 51.9 Å². The summed E-state index contributed by atoms with van der Waals surface area (Å²) in [5.41, 5.74) is 0. The second-order valence-electron chi connectivity index (χ2n) is 4.17. The van der Waals surface area contributed by atoms with E-state index in [9.17, 15) is 9.59 Å². The standard InChI is InChI=1S/C13H22O4/c1-2-3-4-5-6-7-8-9-11(13(16)17)10-12(14)15/h8-9,11H,2-7,10H2,1H3,(H,14,15)(H,16,17). The first-order valence-electron chi connectivity index (χ1n) is 6.19. The van der Waals surface area contributed by atoms with Gasteiger partial charge in [-0.3, -0.25) is 9.59 Å². The first kappa shape index (κ1) is 15.7. The van der Waals surface area contributed by atoms with Crippen molar-refractivity contribution in [1.29, 1.82) is 0 Å². The highest BCUT2D eigenvalue weighted by molar-refractivity contribution is 5.79. The highest BCUT2D eigenvalue weighted by Crippen LogP contribution is 2.09. The molecule has 0 radical (unpaired) electrons. The number of aliphatic carboxylic acids is 2. The smallest absolute Gasteiger partial charge is 0.310 e. The number of carboxylic acid groups (broad SMARTS) is 2. The first-order chi connectivity index (χ1) is 8.07. The average Bonchev–Trinajstić information content (AvgIpc) is 2.25. The van der Waals surface area contributed by atoms with E-state index in [0.29, 0.717) is 0 Å². The van der Waals surface area contributed by atoms with Gasteiger partial charge in [0, 0.05) is 0 Å². The van der Waals surface area contributed by atoms with Crippen LogP contribution >= 0.6 is 0 Å². The fourth-order valence-electron chi connectivity index (χ4n) is 1.55. The molecule has 2 N–H and O–H groups in total. The van der Waals surface area contributed by atoms with Crippen molar-refractivity contribution in [3.05, 3.63) is 12.2 Å². The van der Waals surface area contributed by atoms with Gasteiger partial charge in [-0.25, -0.2) is 0 Å². The van der Waals surface area contributed by atoms with Crippen molar-refractivity contribution in [3.63, 3.8) is 0 Å². The lowest BCUT2D eigenvalue weighted by Crippen LogP contribution is -2.15. The quantitative estimate of drug-likeness (QED) is 0.456. The molecular weight excluding hydrogens is 220 g/mol. The molecule has 0 amide bonds. The number of unbranched alkanes of at least 4 members (excludes halogenated alkanes) is 5. The molecule has 4 heteroatoms. The van der Waals surface area contributed by atoms with Gasteiger partial charge in [0.2, 0.25) is 0 Å². The maximum atomic E-state index is 10.7. The van der Waals surface area contributed by atoms with Gasteiger partial charge >= 0.3 is 11.9 Å². The molecule has 0 spiro atoms. The minimum Gasteiger partial charge on any atom is -0.481 e. The van der Waals surface area contributed by atoms with Gasteiger partial charge in [0.15, 0.2) is 0 Å². The van der Waals surface area contributed by atoms with E-state index in [1.165, 1.54) is 25.3 Å². The third-order valence-electron chi connectivity index (χ3n) is 2.55. The van der Waals surface area contributed by atoms with Crippen LogP contribution in [-0.2, 0) is 9.59 Å². The van der Waals surface area contributed by atoms with Crippen molar-refractivity contribution in [2.75, 3.05) is 0 Å². The molecule has 0 saturated carbocycles. The zero-order chi connectivity index (χ0) is 13.1. The molecule has 4 nitrogen and oxygen atoms in total. The van der Waals surface area contributed by atoms with Crippen LogP contribution in [0.1, 0.15) is 51.9 Å². The molecule has 0 fully saturated rings. The second kappa shape index (κ2) is 9.87. The van der Waals surface area contributed by atoms with Crippen LogP contribution in [0.25, 0.3) is 0 Å². The molecule has 0 aliphatic heterocycles. The molecule has 17 heavy (non-hydrogen) atoms. The fourth-order valence-corrected chi connectivity index (χ4v) is 1.55. The number of hydrogen-bond acceptors (Lipinski definition) is 2. The number of hydrogen-bond donors (Lipinski definition) is 2. The number of carbonyl (C=O) groups is 2. The predicted molar refractivity (Wildman–Crippen MR) is 65.9 cm³/mol. The molecule has 0 aliphatic carbocycles. The van der Waals surface area contributed by atoms with Gasteiger partial charge in [-0.1, -0.05) is 44.8 Å². The molecule has 98 valence electrons. The molecule has 0 aromatic rings. The Labute approximate surface area is 102 Å². The zero-order valence-corrected chi connectivity index (χ0v) is 10.4. The molecule has 0 rings (SSSR count). The lowest BCUT2D eigenvalue weighted by molar-refractivity contribution is -0.146. The van der Waals surface area contributed by atoms with Crippen LogP contribution in [0.15, 0.2) is 12.2 Å². The van der Waals surface area contributed by atoms with E-state index in [0.717, 1.165) is 19.3 Å². The van der Waals surface area contributed by atoms with Crippen molar-refractivity contribution in [1.82, 2.24) is 0 Å². The van der Waals surface area contributed by atoms with E-state index in [1.54, 1.807) is 6.08 Å². The zero-order valence-electron chi connectivity index (χ0n) is 10.4. The highest BCUT2D eigenvalue weighted by atomic mass is 16.4. The summed E-state index contributed by atoms with van der Waals surface area (Å²) >= 11 is 0. The van der Waals surface area contributed by atoms with Crippen molar-refractivity contribution < 1.29 is 19.8 Å². The summed E-state index contributed by atoms with van der Waals surface area (Å²) in [5, 5.41) is 17.3. The summed E-state index contributed by atoms with van der Waals surface area (Å²) in [4.78, 5) is 21.1. The van der Waals surface area contributed by atoms with Crippen LogP contribution in [0, 0.1) is 5.92 Å². The normalized spacial score (nSPS) is 12.8. The predicted octanol–water partition coefficient (Wildman–Crippen LogP) is 3.08. The Morgan fingerprint density at radius 1 is 1.12 bits per heavy atom. The summed E-state index contributed by atoms with van der Waals surface area (Å²) in [6.07, 6.45) is 9.60. The summed E-state index contributed by atoms with van der Waals surface area (Å²) in [6, 6.07) is 0. The van der Waals surface area contributed by atoms with Crippen molar-refractivity contribution in [2.24, 2.45) is 5.92 Å². The molecule has 0 aromatic carbocycles. The van der Waals surface area contributed by atoms with E-state index in [1.807, 2.05) is 0 Å². The van der Waals surface area contributed by atoms with Gasteiger partial charge in [-0.15, -0.1) is 0 Å². The van der Waals surface area contributed by atoms with Gasteiger partial charge in [0.1, 0.15) is 0 Å². The minimum atomic E-state index is -1.08. The number of allylic oxidation sites excluding steroid dienone is 1. The lowest BCUT2D eigenvalue weighted by atomic mass is 10.0. The third kappa shape index (κ3) is 9.60. The van der Waals surface area contributed by atoms with E-state index < -0.39 is 17.9 Å². The van der Waals surface area contributed by atoms with E-state index in [2.05, 4.69) is 6.92 Å². The lowest BCUT2D eigenvalue weighted by Gasteiger charge is -2.03.